The number of pyridine rings is 2. The minimum absolute atomic E-state index is 0.0223. The van der Waals surface area contributed by atoms with Crippen LogP contribution in [0.5, 0.6) is 0 Å². The average molecular weight is 674 g/mol. The number of carbonyl (C=O) groups excluding carboxylic acids is 4. The first-order valence-electron chi connectivity index (χ1n) is 15.8. The van der Waals surface area contributed by atoms with Crippen molar-refractivity contribution in [2.24, 2.45) is 17.2 Å². The lowest BCUT2D eigenvalue weighted by atomic mass is 9.85. The van der Waals surface area contributed by atoms with E-state index in [9.17, 15) is 18.8 Å². The van der Waals surface area contributed by atoms with Crippen molar-refractivity contribution in [3.63, 3.8) is 0 Å². The number of aryl methyl sites for hydroxylation is 2. The quantitative estimate of drug-likeness (QED) is 0.192. The second kappa shape index (κ2) is 22.3. The molecule has 0 saturated heterocycles. The van der Waals surface area contributed by atoms with Crippen LogP contribution in [-0.2, 0) is 54.6 Å². The van der Waals surface area contributed by atoms with Crippen LogP contribution >= 0.6 is 0 Å². The van der Waals surface area contributed by atoms with Gasteiger partial charge in [-0.2, -0.15) is 0 Å². The van der Waals surface area contributed by atoms with Crippen LogP contribution in [0.15, 0.2) is 16.9 Å². The number of rotatable bonds is 7. The van der Waals surface area contributed by atoms with Crippen molar-refractivity contribution in [3.8, 4) is 11.4 Å². The third-order valence-electron chi connectivity index (χ3n) is 7.50. The molecule has 5 rings (SSSR count). The van der Waals surface area contributed by atoms with Crippen molar-refractivity contribution < 1.29 is 33.0 Å². The summed E-state index contributed by atoms with van der Waals surface area (Å²) in [5.41, 5.74) is 23.1. The Labute approximate surface area is 282 Å². The molecule has 12 nitrogen and oxygen atoms in total. The number of aldehydes is 1. The van der Waals surface area contributed by atoms with Gasteiger partial charge >= 0.3 is 5.97 Å². The van der Waals surface area contributed by atoms with E-state index >= 15 is 0 Å². The van der Waals surface area contributed by atoms with Gasteiger partial charge in [-0.3, -0.25) is 14.4 Å². The van der Waals surface area contributed by atoms with Gasteiger partial charge in [0.1, 0.15) is 18.9 Å². The first-order chi connectivity index (χ1) is 23.0. The van der Waals surface area contributed by atoms with Gasteiger partial charge in [0.15, 0.2) is 6.61 Å². The molecule has 3 aromatic rings. The summed E-state index contributed by atoms with van der Waals surface area (Å²) < 4.78 is 26.0. The SMILES string of the molecule is C=O.CC.CC(=O)OCC(N)=O.CC=O.CN.COCc1c(C(C)CCN)cc2n(c1=O)Cc1c-2nc2cc(F)c(C)c3c2c1CCC3. The largest absolute Gasteiger partial charge is 0.456 e. The standard InChI is InChI=1S/C25H28FN3O2.C4H7NO3.C2H4O.C2H6.CH5N.CH2O/c1-13(7-8-27)17-9-22-24-18(11-29(22)25(30)19(17)12-31-3)16-6-4-5-15-14(2)20(26)10-21(28-24)23(15)16;1-3(6)8-2-4(5)7;1-2-3;3*1-2/h9-10,13H,4-8,11-12,27H2,1-3H3;2H2,1H3,(H2,5,7);2H,1H3;1-2H3;2H2,1H3;1H2. The summed E-state index contributed by atoms with van der Waals surface area (Å²) in [7, 11) is 3.11. The van der Waals surface area contributed by atoms with Gasteiger partial charge in [0.2, 0.25) is 0 Å². The molecule has 1 atom stereocenters. The number of ether oxygens (including phenoxy) is 2. The predicted molar refractivity (Wildman–Crippen MR) is 186 cm³/mol. The molecule has 0 spiro atoms. The first kappa shape index (κ1) is 43.7. The summed E-state index contributed by atoms with van der Waals surface area (Å²) >= 11 is 0. The number of amides is 1. The Hall–Kier alpha value is -4.33. The zero-order valence-corrected chi connectivity index (χ0v) is 29.5. The first-order valence-corrected chi connectivity index (χ1v) is 15.8. The molecular weight excluding hydrogens is 621 g/mol. The number of nitrogens with zero attached hydrogens (tertiary/aromatic N) is 2. The van der Waals surface area contributed by atoms with Gasteiger partial charge in [-0.05, 0) is 87.4 Å². The van der Waals surface area contributed by atoms with E-state index in [1.54, 1.807) is 13.2 Å². The number of nitrogens with two attached hydrogens (primary N) is 3. The third-order valence-corrected chi connectivity index (χ3v) is 7.50. The predicted octanol–water partition coefficient (Wildman–Crippen LogP) is 3.62. The topological polar surface area (TPSA) is 200 Å². The monoisotopic (exact) mass is 673 g/mol. The number of hydrogen-bond donors (Lipinski definition) is 3. The van der Waals surface area contributed by atoms with E-state index in [1.165, 1.54) is 26.5 Å². The van der Waals surface area contributed by atoms with E-state index in [0.717, 1.165) is 71.0 Å². The zero-order valence-electron chi connectivity index (χ0n) is 29.5. The van der Waals surface area contributed by atoms with E-state index in [1.807, 2.05) is 32.1 Å². The van der Waals surface area contributed by atoms with Gasteiger partial charge in [0.05, 0.1) is 30.1 Å². The third kappa shape index (κ3) is 10.6. The molecule has 1 amide bonds. The summed E-state index contributed by atoms with van der Waals surface area (Å²) in [6.45, 7) is 13.6. The minimum atomic E-state index is -0.639. The lowest BCUT2D eigenvalue weighted by Crippen LogP contribution is -2.26. The van der Waals surface area contributed by atoms with Crippen LogP contribution in [0.2, 0.25) is 0 Å². The van der Waals surface area contributed by atoms with Crippen LogP contribution in [0.25, 0.3) is 22.3 Å². The van der Waals surface area contributed by atoms with Crippen LogP contribution < -0.4 is 22.8 Å². The van der Waals surface area contributed by atoms with Crippen LogP contribution in [0, 0.1) is 12.7 Å². The molecule has 0 bridgehead atoms. The molecule has 266 valence electrons. The highest BCUT2D eigenvalue weighted by Gasteiger charge is 2.31. The van der Waals surface area contributed by atoms with Gasteiger partial charge < -0.3 is 40.8 Å². The van der Waals surface area contributed by atoms with Crippen molar-refractivity contribution in [2.45, 2.75) is 86.3 Å². The maximum absolute atomic E-state index is 14.6. The molecule has 0 saturated carbocycles. The molecule has 1 aliphatic heterocycles. The van der Waals surface area contributed by atoms with Crippen LogP contribution in [0.3, 0.4) is 0 Å². The van der Waals surface area contributed by atoms with Crippen molar-refractivity contribution in [1.82, 2.24) is 9.55 Å². The number of hydrogen-bond acceptors (Lipinski definition) is 10. The molecule has 1 aliphatic carbocycles. The summed E-state index contributed by atoms with van der Waals surface area (Å²) in [5.74, 6) is -1.20. The molecule has 0 fully saturated rings. The molecule has 0 radical (unpaired) electrons. The minimum Gasteiger partial charge on any atom is -0.456 e. The molecule has 1 aromatic carbocycles. The number of carbonyl (C=O) groups is 4. The summed E-state index contributed by atoms with van der Waals surface area (Å²) in [4.78, 5) is 55.0. The normalized spacial score (nSPS) is 11.8. The Morgan fingerprint density at radius 2 is 1.73 bits per heavy atom. The van der Waals surface area contributed by atoms with Gasteiger partial charge in [-0.1, -0.05) is 20.8 Å². The molecule has 13 heteroatoms. The fraction of sp³-hybridized carbons (Fsp3) is 0.486. The second-order valence-corrected chi connectivity index (χ2v) is 10.4. The smallest absolute Gasteiger partial charge is 0.303 e. The number of methoxy groups -OCH3 is 1. The highest BCUT2D eigenvalue weighted by atomic mass is 19.1. The van der Waals surface area contributed by atoms with Crippen molar-refractivity contribution in [1.29, 1.82) is 0 Å². The average Bonchev–Trinajstić information content (AvgIpc) is 3.46. The number of benzene rings is 1. The molecule has 3 heterocycles. The summed E-state index contributed by atoms with van der Waals surface area (Å²) in [5, 5.41) is 1.10. The molecule has 1 unspecified atom stereocenters. The van der Waals surface area contributed by atoms with Crippen LogP contribution in [0.4, 0.5) is 4.39 Å². The molecular formula is C35H52FN5O7. The number of halogens is 1. The maximum atomic E-state index is 14.6. The number of fused-ring (bicyclic) bond motifs is 4. The Balaban J connectivity index is 0.00000110. The second-order valence-electron chi connectivity index (χ2n) is 10.4. The Morgan fingerprint density at radius 1 is 1.15 bits per heavy atom. The molecule has 48 heavy (non-hydrogen) atoms. The Morgan fingerprint density at radius 3 is 2.23 bits per heavy atom. The van der Waals surface area contributed by atoms with E-state index in [0.29, 0.717) is 24.2 Å². The summed E-state index contributed by atoms with van der Waals surface area (Å²) in [6.07, 6.45) is 4.33. The lowest BCUT2D eigenvalue weighted by molar-refractivity contribution is -0.145. The Bertz CT molecular complexity index is 1580. The van der Waals surface area contributed by atoms with Crippen molar-refractivity contribution in [2.75, 3.05) is 27.3 Å². The van der Waals surface area contributed by atoms with Crippen LogP contribution in [0.1, 0.15) is 86.8 Å². The zero-order chi connectivity index (χ0) is 37.1. The number of aromatic nitrogens is 2. The fourth-order valence-electron chi connectivity index (χ4n) is 5.63. The molecule has 6 N–H and O–H groups in total. The fourth-order valence-corrected chi connectivity index (χ4v) is 5.63. The summed E-state index contributed by atoms with van der Waals surface area (Å²) in [6, 6.07) is 3.64. The van der Waals surface area contributed by atoms with Crippen molar-refractivity contribution in [3.05, 3.63) is 61.7 Å². The van der Waals surface area contributed by atoms with Gasteiger partial charge in [-0.15, -0.1) is 0 Å². The number of esters is 1. The van der Waals surface area contributed by atoms with E-state index in [-0.39, 0.29) is 30.5 Å². The highest BCUT2D eigenvalue weighted by Crippen LogP contribution is 2.41. The van der Waals surface area contributed by atoms with E-state index in [4.69, 9.17) is 25.0 Å². The highest BCUT2D eigenvalue weighted by molar-refractivity contribution is 5.92. The van der Waals surface area contributed by atoms with E-state index in [2.05, 4.69) is 29.2 Å². The van der Waals surface area contributed by atoms with Gasteiger partial charge in [0.25, 0.3) is 11.5 Å². The van der Waals surface area contributed by atoms with Crippen LogP contribution in [-0.4, -0.2) is 61.8 Å². The van der Waals surface area contributed by atoms with Crippen molar-refractivity contribution >= 4 is 35.9 Å². The maximum Gasteiger partial charge on any atom is 0.303 e. The molecule has 2 aliphatic rings. The van der Waals surface area contributed by atoms with Gasteiger partial charge in [-0.25, -0.2) is 9.37 Å². The number of primary amides is 1. The molecule has 2 aromatic heterocycles. The Kier molecular flexibility index (Phi) is 20.3. The van der Waals surface area contributed by atoms with Gasteiger partial charge in [0, 0.05) is 36.6 Å². The lowest BCUT2D eigenvalue weighted by Gasteiger charge is -2.22. The van der Waals surface area contributed by atoms with E-state index < -0.39 is 11.9 Å².